The van der Waals surface area contributed by atoms with E-state index < -0.39 is 0 Å². The molecule has 0 aromatic carbocycles. The average Bonchev–Trinajstić information content (AvgIpc) is 3.03. The Hall–Kier alpha value is -1.99. The van der Waals surface area contributed by atoms with Crippen LogP contribution in [0.15, 0.2) is 24.7 Å². The Bertz CT molecular complexity index is 651. The second-order valence-electron chi connectivity index (χ2n) is 5.88. The molecule has 8 heteroatoms. The SMILES string of the molecule is Cc1cnc(CNC(=O)Cn2nccc2C2CCCNC2)cn1.Cl. The maximum atomic E-state index is 12.1. The van der Waals surface area contributed by atoms with Crippen molar-refractivity contribution in [2.45, 2.75) is 38.8 Å². The summed E-state index contributed by atoms with van der Waals surface area (Å²) < 4.78 is 1.80. The van der Waals surface area contributed by atoms with Crippen LogP contribution in [-0.4, -0.2) is 38.7 Å². The van der Waals surface area contributed by atoms with Gasteiger partial charge in [-0.1, -0.05) is 0 Å². The fourth-order valence-corrected chi connectivity index (χ4v) is 2.82. The zero-order valence-corrected chi connectivity index (χ0v) is 14.6. The summed E-state index contributed by atoms with van der Waals surface area (Å²) in [5, 5.41) is 10.6. The lowest BCUT2D eigenvalue weighted by Crippen LogP contribution is -2.32. The molecule has 0 spiro atoms. The van der Waals surface area contributed by atoms with Crippen molar-refractivity contribution in [1.82, 2.24) is 30.4 Å². The first-order valence-electron chi connectivity index (χ1n) is 7.99. The van der Waals surface area contributed by atoms with Gasteiger partial charge in [0.15, 0.2) is 0 Å². The van der Waals surface area contributed by atoms with Gasteiger partial charge in [-0.2, -0.15) is 5.10 Å². The maximum absolute atomic E-state index is 12.1. The Balaban J connectivity index is 0.00000208. The van der Waals surface area contributed by atoms with Gasteiger partial charge in [-0.3, -0.25) is 19.4 Å². The zero-order valence-electron chi connectivity index (χ0n) is 13.7. The highest BCUT2D eigenvalue weighted by Gasteiger charge is 2.19. The average molecular weight is 351 g/mol. The van der Waals surface area contributed by atoms with E-state index >= 15 is 0 Å². The van der Waals surface area contributed by atoms with E-state index in [0.29, 0.717) is 12.5 Å². The van der Waals surface area contributed by atoms with Crippen molar-refractivity contribution in [3.63, 3.8) is 0 Å². The lowest BCUT2D eigenvalue weighted by molar-refractivity contribution is -0.122. The van der Waals surface area contributed by atoms with Gasteiger partial charge in [0.1, 0.15) is 6.54 Å². The van der Waals surface area contributed by atoms with Crippen LogP contribution < -0.4 is 10.6 Å². The van der Waals surface area contributed by atoms with Crippen molar-refractivity contribution < 1.29 is 4.79 Å². The molecule has 3 heterocycles. The van der Waals surface area contributed by atoms with Crippen LogP contribution in [0.2, 0.25) is 0 Å². The van der Waals surface area contributed by atoms with Crippen molar-refractivity contribution in [2.24, 2.45) is 0 Å². The van der Waals surface area contributed by atoms with Crippen molar-refractivity contribution >= 4 is 18.3 Å². The Morgan fingerprint density at radius 3 is 3.00 bits per heavy atom. The van der Waals surface area contributed by atoms with Crippen molar-refractivity contribution in [1.29, 1.82) is 0 Å². The first-order chi connectivity index (χ1) is 11.2. The van der Waals surface area contributed by atoms with Gasteiger partial charge in [0.05, 0.1) is 24.1 Å². The molecule has 0 radical (unpaired) electrons. The summed E-state index contributed by atoms with van der Waals surface area (Å²) in [6.07, 6.45) is 7.45. The summed E-state index contributed by atoms with van der Waals surface area (Å²) in [7, 11) is 0. The van der Waals surface area contributed by atoms with Gasteiger partial charge in [-0.25, -0.2) is 0 Å². The quantitative estimate of drug-likeness (QED) is 0.846. The molecule has 24 heavy (non-hydrogen) atoms. The van der Waals surface area contributed by atoms with Crippen LogP contribution in [0.4, 0.5) is 0 Å². The van der Waals surface area contributed by atoms with E-state index in [9.17, 15) is 4.79 Å². The third-order valence-electron chi connectivity index (χ3n) is 4.06. The van der Waals surface area contributed by atoms with Crippen LogP contribution in [0.1, 0.15) is 35.8 Å². The molecule has 1 saturated heterocycles. The van der Waals surface area contributed by atoms with E-state index in [4.69, 9.17) is 0 Å². The number of hydrogen-bond acceptors (Lipinski definition) is 5. The molecule has 0 bridgehead atoms. The topological polar surface area (TPSA) is 84.7 Å². The number of aromatic nitrogens is 4. The highest BCUT2D eigenvalue weighted by Crippen LogP contribution is 2.22. The lowest BCUT2D eigenvalue weighted by Gasteiger charge is -2.23. The molecule has 2 aromatic heterocycles. The van der Waals surface area contributed by atoms with Gasteiger partial charge in [-0.05, 0) is 32.4 Å². The normalized spacial score (nSPS) is 17.1. The Labute approximate surface area is 147 Å². The number of halogens is 1. The summed E-state index contributed by atoms with van der Waals surface area (Å²) in [6, 6.07) is 2.01. The highest BCUT2D eigenvalue weighted by atomic mass is 35.5. The van der Waals surface area contributed by atoms with Gasteiger partial charge in [0.25, 0.3) is 0 Å². The van der Waals surface area contributed by atoms with E-state index in [-0.39, 0.29) is 24.9 Å². The fraction of sp³-hybridized carbons (Fsp3) is 0.500. The minimum Gasteiger partial charge on any atom is -0.349 e. The summed E-state index contributed by atoms with van der Waals surface area (Å²) in [5.74, 6) is 0.364. The minimum atomic E-state index is -0.0684. The molecule has 1 fully saturated rings. The Morgan fingerprint density at radius 2 is 2.29 bits per heavy atom. The number of carbonyl (C=O) groups is 1. The third-order valence-corrected chi connectivity index (χ3v) is 4.06. The molecule has 1 aliphatic rings. The summed E-state index contributed by atoms with van der Waals surface area (Å²) in [5.41, 5.74) is 2.74. The van der Waals surface area contributed by atoms with Crippen LogP contribution >= 0.6 is 12.4 Å². The molecular weight excluding hydrogens is 328 g/mol. The van der Waals surface area contributed by atoms with Gasteiger partial charge >= 0.3 is 0 Å². The second-order valence-corrected chi connectivity index (χ2v) is 5.88. The van der Waals surface area contributed by atoms with Crippen molar-refractivity contribution in [3.8, 4) is 0 Å². The van der Waals surface area contributed by atoms with E-state index in [0.717, 1.165) is 43.0 Å². The molecule has 3 rings (SSSR count). The first kappa shape index (κ1) is 18.4. The number of piperidine rings is 1. The van der Waals surface area contributed by atoms with Gasteiger partial charge in [-0.15, -0.1) is 12.4 Å². The molecule has 1 atom stereocenters. The molecule has 1 unspecified atom stereocenters. The highest BCUT2D eigenvalue weighted by molar-refractivity contribution is 5.85. The number of amides is 1. The molecule has 2 N–H and O–H groups in total. The van der Waals surface area contributed by atoms with E-state index in [1.54, 1.807) is 23.3 Å². The smallest absolute Gasteiger partial charge is 0.242 e. The van der Waals surface area contributed by atoms with Gasteiger partial charge < -0.3 is 10.6 Å². The number of hydrogen-bond donors (Lipinski definition) is 2. The number of aryl methyl sites for hydroxylation is 1. The lowest BCUT2D eigenvalue weighted by atomic mass is 9.96. The van der Waals surface area contributed by atoms with Crippen molar-refractivity contribution in [3.05, 3.63) is 41.7 Å². The molecular formula is C16H23ClN6O. The number of carbonyl (C=O) groups excluding carboxylic acids is 1. The van der Waals surface area contributed by atoms with E-state index in [1.807, 2.05) is 13.0 Å². The molecule has 1 aliphatic heterocycles. The molecule has 130 valence electrons. The predicted molar refractivity (Wildman–Crippen MR) is 92.9 cm³/mol. The van der Waals surface area contributed by atoms with E-state index in [2.05, 4.69) is 25.7 Å². The number of nitrogens with zero attached hydrogens (tertiary/aromatic N) is 4. The fourth-order valence-electron chi connectivity index (χ4n) is 2.82. The van der Waals surface area contributed by atoms with Gasteiger partial charge in [0.2, 0.25) is 5.91 Å². The number of nitrogens with one attached hydrogen (secondary N) is 2. The first-order valence-corrected chi connectivity index (χ1v) is 7.99. The van der Waals surface area contributed by atoms with Gasteiger partial charge in [0, 0.05) is 30.6 Å². The Kier molecular flexibility index (Phi) is 6.69. The van der Waals surface area contributed by atoms with Crippen LogP contribution in [0.25, 0.3) is 0 Å². The third kappa shape index (κ3) is 4.75. The largest absolute Gasteiger partial charge is 0.349 e. The van der Waals surface area contributed by atoms with Crippen LogP contribution in [-0.2, 0) is 17.9 Å². The number of rotatable bonds is 5. The standard InChI is InChI=1S/C16H22N6O.ClH/c1-12-7-19-14(9-18-12)10-20-16(23)11-22-15(4-6-21-22)13-3-2-5-17-8-13;/h4,6-7,9,13,17H,2-3,5,8,10-11H2,1H3,(H,20,23);1H. The predicted octanol–water partition coefficient (Wildman–Crippen LogP) is 1.19. The van der Waals surface area contributed by atoms with Crippen molar-refractivity contribution in [2.75, 3.05) is 13.1 Å². The molecule has 0 aliphatic carbocycles. The second kappa shape index (κ2) is 8.75. The van der Waals surface area contributed by atoms with Crippen LogP contribution in [0, 0.1) is 6.92 Å². The summed E-state index contributed by atoms with van der Waals surface area (Å²) in [6.45, 7) is 4.52. The summed E-state index contributed by atoms with van der Waals surface area (Å²) in [4.78, 5) is 20.6. The zero-order chi connectivity index (χ0) is 16.1. The van der Waals surface area contributed by atoms with E-state index in [1.165, 1.54) is 0 Å². The monoisotopic (exact) mass is 350 g/mol. The molecule has 2 aromatic rings. The maximum Gasteiger partial charge on any atom is 0.242 e. The molecule has 1 amide bonds. The van der Waals surface area contributed by atoms with Crippen LogP contribution in [0.3, 0.4) is 0 Å². The Morgan fingerprint density at radius 1 is 1.42 bits per heavy atom. The van der Waals surface area contributed by atoms with Crippen LogP contribution in [0.5, 0.6) is 0 Å². The summed E-state index contributed by atoms with van der Waals surface area (Å²) >= 11 is 0. The minimum absolute atomic E-state index is 0. The molecule has 7 nitrogen and oxygen atoms in total. The molecule has 0 saturated carbocycles.